The Hall–Kier alpha value is -3.71. The topological polar surface area (TPSA) is 87.7 Å². The van der Waals surface area contributed by atoms with Crippen LogP contribution >= 0.6 is 11.3 Å². The summed E-state index contributed by atoms with van der Waals surface area (Å²) >= 11 is 1.54. The molecule has 160 valence electrons. The number of thiophene rings is 1. The van der Waals surface area contributed by atoms with E-state index in [1.807, 2.05) is 55.6 Å². The second kappa shape index (κ2) is 7.76. The molecule has 7 heteroatoms. The Morgan fingerprint density at radius 1 is 1.03 bits per heavy atom. The zero-order chi connectivity index (χ0) is 22.4. The van der Waals surface area contributed by atoms with E-state index in [-0.39, 0.29) is 5.75 Å². The number of phenols is 1. The number of carboxylic acid groups (broad SMARTS) is 1. The zero-order valence-corrected chi connectivity index (χ0v) is 18.4. The smallest absolute Gasteiger partial charge is 0.313 e. The molecule has 5 rings (SSSR count). The molecular weight excluding hydrogens is 422 g/mol. The molecule has 6 nitrogen and oxygen atoms in total. The number of aliphatic imine (C=N–C) groups is 1. The third kappa shape index (κ3) is 3.13. The van der Waals surface area contributed by atoms with Gasteiger partial charge in [-0.3, -0.25) is 4.79 Å². The molecule has 0 spiro atoms. The molecule has 2 N–H and O–H groups in total. The lowest BCUT2D eigenvalue weighted by molar-refractivity contribution is -0.139. The first-order valence-electron chi connectivity index (χ1n) is 10.3. The van der Waals surface area contributed by atoms with Gasteiger partial charge in [-0.25, -0.2) is 9.67 Å². The summed E-state index contributed by atoms with van der Waals surface area (Å²) in [5.74, 6) is -1.80. The van der Waals surface area contributed by atoms with Gasteiger partial charge in [0.2, 0.25) is 0 Å². The standard InChI is InChI=1S/C25H21N3O3S/c1-14-12-13-32-23(14)20-19-15(2)27-28(16-8-4-3-5-9-16)24(19)26-22(21(20)25(30)31)17-10-6-7-11-18(17)29/h3-13,20-21,29H,1-2H3,(H,30,31)/t20-,21-/m1/s1. The SMILES string of the molecule is Cc1ccsc1[C@@H]1c2c(C)nn(-c3ccccc3)c2N=C(c2ccccc2O)[C@@H]1C(=O)O. The van der Waals surface area contributed by atoms with Gasteiger partial charge < -0.3 is 10.2 Å². The fourth-order valence-corrected chi connectivity index (χ4v) is 5.49. The van der Waals surface area contributed by atoms with Crippen LogP contribution in [0.1, 0.15) is 33.2 Å². The number of hydrogen-bond acceptors (Lipinski definition) is 5. The van der Waals surface area contributed by atoms with Crippen LogP contribution in [0.2, 0.25) is 0 Å². The number of fused-ring (bicyclic) bond motifs is 1. The molecule has 0 radical (unpaired) electrons. The molecule has 0 unspecified atom stereocenters. The minimum absolute atomic E-state index is 0.00472. The summed E-state index contributed by atoms with van der Waals surface area (Å²) in [7, 11) is 0. The van der Waals surface area contributed by atoms with Gasteiger partial charge in [0.15, 0.2) is 5.82 Å². The third-order valence-electron chi connectivity index (χ3n) is 5.88. The molecule has 2 aromatic heterocycles. The molecule has 0 fully saturated rings. The lowest BCUT2D eigenvalue weighted by atomic mass is 9.76. The fourth-order valence-electron chi connectivity index (χ4n) is 4.42. The van der Waals surface area contributed by atoms with E-state index in [1.54, 1.807) is 28.9 Å². The molecule has 2 aromatic carbocycles. The number of carboxylic acids is 1. The first-order chi connectivity index (χ1) is 15.5. The number of carbonyl (C=O) groups is 1. The average molecular weight is 444 g/mol. The van der Waals surface area contributed by atoms with Crippen LogP contribution in [0.3, 0.4) is 0 Å². The van der Waals surface area contributed by atoms with Crippen LogP contribution in [0.25, 0.3) is 5.69 Å². The van der Waals surface area contributed by atoms with Crippen molar-refractivity contribution in [2.45, 2.75) is 19.8 Å². The largest absolute Gasteiger partial charge is 0.507 e. The van der Waals surface area contributed by atoms with E-state index in [2.05, 4.69) is 0 Å². The number of para-hydroxylation sites is 2. The quantitative estimate of drug-likeness (QED) is 0.452. The number of benzene rings is 2. The van der Waals surface area contributed by atoms with Gasteiger partial charge in [-0.2, -0.15) is 5.10 Å². The van der Waals surface area contributed by atoms with Gasteiger partial charge in [0.05, 0.1) is 17.1 Å². The average Bonchev–Trinajstić information content (AvgIpc) is 3.36. The summed E-state index contributed by atoms with van der Waals surface area (Å²) in [6, 6.07) is 18.4. The number of nitrogens with zero attached hydrogens (tertiary/aromatic N) is 3. The van der Waals surface area contributed by atoms with Gasteiger partial charge in [0.1, 0.15) is 11.7 Å². The van der Waals surface area contributed by atoms with Crippen LogP contribution in [0.5, 0.6) is 5.75 Å². The summed E-state index contributed by atoms with van der Waals surface area (Å²) in [6.45, 7) is 3.89. The Morgan fingerprint density at radius 2 is 1.75 bits per heavy atom. The molecule has 32 heavy (non-hydrogen) atoms. The van der Waals surface area contributed by atoms with Crippen molar-refractivity contribution in [3.8, 4) is 11.4 Å². The molecule has 0 bridgehead atoms. The van der Waals surface area contributed by atoms with Crippen LogP contribution in [-0.2, 0) is 4.79 Å². The Bertz CT molecular complexity index is 1350. The van der Waals surface area contributed by atoms with Crippen LogP contribution in [-0.4, -0.2) is 31.7 Å². The highest BCUT2D eigenvalue weighted by molar-refractivity contribution is 7.10. The molecule has 0 aliphatic carbocycles. The van der Waals surface area contributed by atoms with Crippen molar-refractivity contribution < 1.29 is 15.0 Å². The van der Waals surface area contributed by atoms with E-state index < -0.39 is 17.8 Å². The van der Waals surface area contributed by atoms with Crippen molar-refractivity contribution in [1.29, 1.82) is 0 Å². The van der Waals surface area contributed by atoms with Crippen molar-refractivity contribution >= 4 is 28.8 Å². The lowest BCUT2D eigenvalue weighted by Gasteiger charge is -2.30. The predicted octanol–water partition coefficient (Wildman–Crippen LogP) is 5.22. The van der Waals surface area contributed by atoms with E-state index in [9.17, 15) is 15.0 Å². The van der Waals surface area contributed by atoms with Gasteiger partial charge in [-0.15, -0.1) is 11.3 Å². The van der Waals surface area contributed by atoms with Gasteiger partial charge in [0, 0.05) is 21.9 Å². The Kier molecular flexibility index (Phi) is 4.90. The third-order valence-corrected chi connectivity index (χ3v) is 6.98. The highest BCUT2D eigenvalue weighted by Gasteiger charge is 2.44. The highest BCUT2D eigenvalue weighted by Crippen LogP contribution is 2.48. The van der Waals surface area contributed by atoms with Crippen molar-refractivity contribution in [1.82, 2.24) is 9.78 Å². The van der Waals surface area contributed by atoms with Gasteiger partial charge in [0.25, 0.3) is 0 Å². The second-order valence-corrected chi connectivity index (χ2v) is 8.79. The summed E-state index contributed by atoms with van der Waals surface area (Å²) in [5.41, 5.74) is 4.18. The van der Waals surface area contributed by atoms with Crippen molar-refractivity contribution in [2.24, 2.45) is 10.9 Å². The van der Waals surface area contributed by atoms with E-state index >= 15 is 0 Å². The molecule has 3 heterocycles. The number of aromatic hydroxyl groups is 1. The minimum atomic E-state index is -0.984. The number of aromatic nitrogens is 2. The molecule has 2 atom stereocenters. The Balaban J connectivity index is 1.86. The molecule has 1 aliphatic heterocycles. The van der Waals surface area contributed by atoms with Crippen molar-refractivity contribution in [3.05, 3.63) is 93.3 Å². The van der Waals surface area contributed by atoms with Gasteiger partial charge >= 0.3 is 5.97 Å². The van der Waals surface area contributed by atoms with Crippen LogP contribution in [0.15, 0.2) is 71.0 Å². The summed E-state index contributed by atoms with van der Waals surface area (Å²) in [6.07, 6.45) is 0. The summed E-state index contributed by atoms with van der Waals surface area (Å²) in [5, 5.41) is 27.7. The Labute approximate surface area is 189 Å². The monoisotopic (exact) mass is 443 g/mol. The van der Waals surface area contributed by atoms with E-state index in [4.69, 9.17) is 10.1 Å². The van der Waals surface area contributed by atoms with E-state index in [1.165, 1.54) is 11.3 Å². The first kappa shape index (κ1) is 20.2. The van der Waals surface area contributed by atoms with Gasteiger partial charge in [-0.1, -0.05) is 30.3 Å². The number of phenolic OH excluding ortho intramolecular Hbond substituents is 1. The summed E-state index contributed by atoms with van der Waals surface area (Å²) < 4.78 is 1.76. The predicted molar refractivity (Wildman–Crippen MR) is 125 cm³/mol. The van der Waals surface area contributed by atoms with E-state index in [0.29, 0.717) is 17.1 Å². The van der Waals surface area contributed by atoms with Crippen LogP contribution in [0.4, 0.5) is 5.82 Å². The maximum atomic E-state index is 12.7. The van der Waals surface area contributed by atoms with Crippen molar-refractivity contribution in [3.63, 3.8) is 0 Å². The number of rotatable bonds is 4. The van der Waals surface area contributed by atoms with Crippen LogP contribution < -0.4 is 0 Å². The maximum absolute atomic E-state index is 12.7. The molecule has 4 aromatic rings. The molecule has 0 saturated heterocycles. The number of aliphatic carboxylic acids is 1. The number of aryl methyl sites for hydroxylation is 2. The van der Waals surface area contributed by atoms with E-state index in [0.717, 1.165) is 27.4 Å². The number of hydrogen-bond donors (Lipinski definition) is 2. The van der Waals surface area contributed by atoms with Gasteiger partial charge in [-0.05, 0) is 55.1 Å². The fraction of sp³-hybridized carbons (Fsp3) is 0.160. The zero-order valence-electron chi connectivity index (χ0n) is 17.6. The Morgan fingerprint density at radius 3 is 2.41 bits per heavy atom. The highest BCUT2D eigenvalue weighted by atomic mass is 32.1. The normalized spacial score (nSPS) is 17.6. The molecule has 1 aliphatic rings. The minimum Gasteiger partial charge on any atom is -0.507 e. The van der Waals surface area contributed by atoms with Crippen LogP contribution in [0, 0.1) is 19.8 Å². The summed E-state index contributed by atoms with van der Waals surface area (Å²) in [4.78, 5) is 18.5. The van der Waals surface area contributed by atoms with Crippen molar-refractivity contribution in [2.75, 3.05) is 0 Å². The first-order valence-corrected chi connectivity index (χ1v) is 11.1. The molecular formula is C25H21N3O3S. The molecule has 0 amide bonds. The second-order valence-electron chi connectivity index (χ2n) is 7.85. The lowest BCUT2D eigenvalue weighted by Crippen LogP contribution is -2.34. The maximum Gasteiger partial charge on any atom is 0.313 e. The molecule has 0 saturated carbocycles.